The fourth-order valence-corrected chi connectivity index (χ4v) is 4.36. The van der Waals surface area contributed by atoms with Gasteiger partial charge in [0.15, 0.2) is 0 Å². The number of benzene rings is 1. The smallest absolute Gasteiger partial charge is 0.228 e. The van der Waals surface area contributed by atoms with Gasteiger partial charge in [0.05, 0.1) is 25.1 Å². The number of morpholine rings is 1. The van der Waals surface area contributed by atoms with Crippen LogP contribution in [-0.4, -0.2) is 45.3 Å². The average molecular weight is 404 g/mol. The Labute approximate surface area is 172 Å². The van der Waals surface area contributed by atoms with Crippen molar-refractivity contribution >= 4 is 22.8 Å². The van der Waals surface area contributed by atoms with Crippen molar-refractivity contribution in [2.45, 2.75) is 12.5 Å². The Hall–Kier alpha value is -3.03. The zero-order valence-corrected chi connectivity index (χ0v) is 16.6. The van der Waals surface area contributed by atoms with Crippen LogP contribution in [0.3, 0.4) is 0 Å². The zero-order chi connectivity index (χ0) is 19.6. The highest BCUT2D eigenvalue weighted by Gasteiger charge is 2.28. The van der Waals surface area contributed by atoms with E-state index in [1.165, 1.54) is 0 Å². The number of carbonyl (C=O) groups is 1. The van der Waals surface area contributed by atoms with Gasteiger partial charge in [-0.15, -0.1) is 16.4 Å². The van der Waals surface area contributed by atoms with E-state index in [1.807, 2.05) is 52.9 Å². The second-order valence-corrected chi connectivity index (χ2v) is 8.08. The zero-order valence-electron chi connectivity index (χ0n) is 15.8. The molecule has 0 spiro atoms. The quantitative estimate of drug-likeness (QED) is 0.521. The first kappa shape index (κ1) is 18.0. The van der Waals surface area contributed by atoms with E-state index in [4.69, 9.17) is 4.74 Å². The number of hydrogen-bond acceptors (Lipinski definition) is 5. The Bertz CT molecular complexity index is 1120. The molecule has 0 aliphatic carbocycles. The number of thiophene rings is 1. The van der Waals surface area contributed by atoms with Crippen molar-refractivity contribution in [2.75, 3.05) is 19.7 Å². The summed E-state index contributed by atoms with van der Waals surface area (Å²) in [4.78, 5) is 15.6. The highest BCUT2D eigenvalue weighted by atomic mass is 32.1. The Morgan fingerprint density at radius 3 is 2.83 bits per heavy atom. The summed E-state index contributed by atoms with van der Waals surface area (Å²) in [6.07, 6.45) is 2.15. The Balaban J connectivity index is 1.36. The molecule has 0 saturated carbocycles. The van der Waals surface area contributed by atoms with Crippen molar-refractivity contribution in [2.24, 2.45) is 0 Å². The maximum atomic E-state index is 12.7. The van der Waals surface area contributed by atoms with Crippen molar-refractivity contribution in [3.05, 3.63) is 76.7 Å². The highest BCUT2D eigenvalue weighted by molar-refractivity contribution is 7.10. The summed E-state index contributed by atoms with van der Waals surface area (Å²) in [5.74, 6) is 0.128. The fourth-order valence-electron chi connectivity index (χ4n) is 3.66. The number of rotatable bonds is 4. The summed E-state index contributed by atoms with van der Waals surface area (Å²) in [7, 11) is 0. The van der Waals surface area contributed by atoms with Crippen molar-refractivity contribution in [1.29, 1.82) is 0 Å². The van der Waals surface area contributed by atoms with Gasteiger partial charge in [-0.2, -0.15) is 0 Å². The molecule has 3 aromatic heterocycles. The minimum Gasteiger partial charge on any atom is -0.368 e. The van der Waals surface area contributed by atoms with Crippen LogP contribution in [0.25, 0.3) is 16.6 Å². The van der Waals surface area contributed by atoms with Gasteiger partial charge in [0.25, 0.3) is 0 Å². The molecule has 146 valence electrons. The molecule has 4 heterocycles. The van der Waals surface area contributed by atoms with Gasteiger partial charge < -0.3 is 9.64 Å². The molecule has 1 atom stereocenters. The van der Waals surface area contributed by atoms with Crippen LogP contribution in [0.2, 0.25) is 0 Å². The summed E-state index contributed by atoms with van der Waals surface area (Å²) >= 11 is 1.61. The molecule has 0 N–H and O–H groups in total. The molecule has 4 aromatic rings. The van der Waals surface area contributed by atoms with Crippen molar-refractivity contribution in [3.8, 4) is 11.1 Å². The van der Waals surface area contributed by atoms with Gasteiger partial charge in [0.2, 0.25) is 5.91 Å². The van der Waals surface area contributed by atoms with Crippen LogP contribution >= 0.6 is 11.3 Å². The molecule has 0 bridgehead atoms. The number of aromatic nitrogens is 3. The minimum absolute atomic E-state index is 0.128. The van der Waals surface area contributed by atoms with Crippen molar-refractivity contribution in [3.63, 3.8) is 0 Å². The van der Waals surface area contributed by atoms with Gasteiger partial charge in [-0.25, -0.2) is 4.52 Å². The van der Waals surface area contributed by atoms with Crippen LogP contribution in [0, 0.1) is 0 Å². The number of carbonyl (C=O) groups excluding carboxylic acids is 1. The topological polar surface area (TPSA) is 59.7 Å². The third kappa shape index (κ3) is 3.66. The molecular weight excluding hydrogens is 384 g/mol. The van der Waals surface area contributed by atoms with E-state index in [2.05, 4.69) is 28.5 Å². The fraction of sp³-hybridized carbons (Fsp3) is 0.227. The number of fused-ring (bicyclic) bond motifs is 1. The van der Waals surface area contributed by atoms with Crippen molar-refractivity contribution < 1.29 is 9.53 Å². The third-order valence-electron chi connectivity index (χ3n) is 5.18. The molecule has 1 amide bonds. The Kier molecular flexibility index (Phi) is 4.83. The molecular formula is C22H20N4O2S. The van der Waals surface area contributed by atoms with Crippen LogP contribution in [0.1, 0.15) is 16.7 Å². The normalized spacial score (nSPS) is 17.0. The number of nitrogens with zero attached hydrogens (tertiary/aromatic N) is 4. The first-order valence-corrected chi connectivity index (χ1v) is 10.5. The number of pyridine rings is 1. The summed E-state index contributed by atoms with van der Waals surface area (Å²) in [5, 5.41) is 10.7. The van der Waals surface area contributed by atoms with E-state index in [0.717, 1.165) is 27.2 Å². The molecule has 0 radical (unpaired) electrons. The maximum Gasteiger partial charge on any atom is 0.228 e. The first-order chi connectivity index (χ1) is 14.3. The Morgan fingerprint density at radius 2 is 2.00 bits per heavy atom. The van der Waals surface area contributed by atoms with Gasteiger partial charge in [-0.05, 0) is 23.1 Å². The van der Waals surface area contributed by atoms with Crippen LogP contribution < -0.4 is 0 Å². The lowest BCUT2D eigenvalue weighted by molar-refractivity contribution is -0.138. The number of ether oxygens (including phenoxy) is 1. The minimum atomic E-state index is -0.267. The Morgan fingerprint density at radius 1 is 1.10 bits per heavy atom. The SMILES string of the molecule is O=C(Cc1cccs1)N1CCO[C@H](c2nnn3cc(-c4ccccc4)ccc23)C1. The molecule has 7 heteroatoms. The van der Waals surface area contributed by atoms with E-state index in [-0.39, 0.29) is 12.0 Å². The second kappa shape index (κ2) is 7.77. The van der Waals surface area contributed by atoms with Crippen LogP contribution in [0.4, 0.5) is 0 Å². The van der Waals surface area contributed by atoms with E-state index in [0.29, 0.717) is 26.1 Å². The third-order valence-corrected chi connectivity index (χ3v) is 6.05. The van der Waals surface area contributed by atoms with E-state index in [9.17, 15) is 4.79 Å². The molecule has 0 unspecified atom stereocenters. The lowest BCUT2D eigenvalue weighted by Crippen LogP contribution is -2.43. The van der Waals surface area contributed by atoms with Gasteiger partial charge >= 0.3 is 0 Å². The highest BCUT2D eigenvalue weighted by Crippen LogP contribution is 2.27. The van der Waals surface area contributed by atoms with Gasteiger partial charge in [0.1, 0.15) is 11.8 Å². The number of amides is 1. The lowest BCUT2D eigenvalue weighted by atomic mass is 10.1. The molecule has 1 aliphatic heterocycles. The molecule has 6 nitrogen and oxygen atoms in total. The van der Waals surface area contributed by atoms with Crippen LogP contribution in [0.15, 0.2) is 66.2 Å². The van der Waals surface area contributed by atoms with E-state index < -0.39 is 0 Å². The summed E-state index contributed by atoms with van der Waals surface area (Å²) in [6.45, 7) is 1.61. The summed E-state index contributed by atoms with van der Waals surface area (Å²) in [5.41, 5.74) is 3.89. The largest absolute Gasteiger partial charge is 0.368 e. The van der Waals surface area contributed by atoms with E-state index >= 15 is 0 Å². The predicted octanol–water partition coefficient (Wildman–Crippen LogP) is 3.60. The first-order valence-electron chi connectivity index (χ1n) is 9.60. The molecule has 1 aliphatic rings. The molecule has 1 saturated heterocycles. The molecule has 5 rings (SSSR count). The maximum absolute atomic E-state index is 12.7. The van der Waals surface area contributed by atoms with E-state index in [1.54, 1.807) is 15.9 Å². The lowest BCUT2D eigenvalue weighted by Gasteiger charge is -2.32. The monoisotopic (exact) mass is 404 g/mol. The van der Waals surface area contributed by atoms with Crippen LogP contribution in [0.5, 0.6) is 0 Å². The second-order valence-electron chi connectivity index (χ2n) is 7.04. The number of hydrogen-bond donors (Lipinski definition) is 0. The predicted molar refractivity (Wildman–Crippen MR) is 112 cm³/mol. The molecule has 29 heavy (non-hydrogen) atoms. The van der Waals surface area contributed by atoms with Crippen molar-refractivity contribution in [1.82, 2.24) is 19.7 Å². The van der Waals surface area contributed by atoms with Gasteiger partial charge in [-0.1, -0.05) is 47.7 Å². The summed E-state index contributed by atoms with van der Waals surface area (Å²) in [6, 6.07) is 18.2. The van der Waals surface area contributed by atoms with Gasteiger partial charge in [-0.3, -0.25) is 4.79 Å². The molecule has 1 fully saturated rings. The van der Waals surface area contributed by atoms with Gasteiger partial charge in [0, 0.05) is 23.2 Å². The average Bonchev–Trinajstić information content (AvgIpc) is 3.43. The summed E-state index contributed by atoms with van der Waals surface area (Å²) < 4.78 is 7.74. The molecule has 1 aromatic carbocycles. The standard InChI is InChI=1S/C22H20N4O2S/c27-21(13-18-7-4-12-29-18)25-10-11-28-20(15-25)22-19-9-8-17(14-26(19)24-23-22)16-5-2-1-3-6-16/h1-9,12,14,20H,10-11,13,15H2/t20-/m0/s1. The van der Waals surface area contributed by atoms with Crippen LogP contribution in [-0.2, 0) is 16.0 Å².